The van der Waals surface area contributed by atoms with Crippen LogP contribution in [0.5, 0.6) is 0 Å². The molecule has 0 amide bonds. The summed E-state index contributed by atoms with van der Waals surface area (Å²) in [4.78, 5) is 11.4. The van der Waals surface area contributed by atoms with Gasteiger partial charge in [0.2, 0.25) is 0 Å². The van der Waals surface area contributed by atoms with E-state index in [1.165, 1.54) is 0 Å². The maximum atomic E-state index is 10.5. The second-order valence-electron chi connectivity index (χ2n) is 2.50. The number of carbonyl (C=O) groups excluding carboxylic acids is 1. The molecule has 0 saturated carbocycles. The number of carbonyl (C=O) groups is 1. The summed E-state index contributed by atoms with van der Waals surface area (Å²) in [6.45, 7) is 3.89. The number of hydrogen-bond acceptors (Lipinski definition) is 3. The van der Waals surface area contributed by atoms with Gasteiger partial charge in [-0.05, 0) is 31.5 Å². The van der Waals surface area contributed by atoms with Gasteiger partial charge in [0.1, 0.15) is 11.7 Å². The molecule has 0 unspecified atom stereocenters. The second kappa shape index (κ2) is 6.93. The highest BCUT2D eigenvalue weighted by atomic mass is 32.2. The fourth-order valence-electron chi connectivity index (χ4n) is 0.819. The SMILES string of the molecule is CCCC/C(C=O)=C(/C)SC#N. The standard InChI is InChI=1S/C9H13NOS/c1-3-4-5-9(6-11)8(2)12-7-10/h6H,3-5H2,1-2H3/b9-8+. The van der Waals surface area contributed by atoms with Crippen LogP contribution in [0.25, 0.3) is 0 Å². The Balaban J connectivity index is 4.20. The van der Waals surface area contributed by atoms with Gasteiger partial charge in [-0.3, -0.25) is 4.79 Å². The Kier molecular flexibility index (Phi) is 6.50. The molecule has 66 valence electrons. The van der Waals surface area contributed by atoms with E-state index in [0.29, 0.717) is 0 Å². The molecular weight excluding hydrogens is 170 g/mol. The number of thiocyanates is 1. The summed E-state index contributed by atoms with van der Waals surface area (Å²) in [6.07, 6.45) is 3.73. The number of hydrogen-bond donors (Lipinski definition) is 0. The first-order chi connectivity index (χ1) is 5.76. The van der Waals surface area contributed by atoms with Crippen LogP contribution >= 0.6 is 11.8 Å². The molecule has 0 aromatic rings. The number of nitriles is 1. The molecule has 0 radical (unpaired) electrons. The Hall–Kier alpha value is -0.750. The molecule has 0 spiro atoms. The van der Waals surface area contributed by atoms with Gasteiger partial charge in [0, 0.05) is 10.5 Å². The summed E-state index contributed by atoms with van der Waals surface area (Å²) in [5.41, 5.74) is 0.767. The Labute approximate surface area is 77.6 Å². The third-order valence-corrected chi connectivity index (χ3v) is 2.25. The van der Waals surface area contributed by atoms with Gasteiger partial charge in [-0.2, -0.15) is 5.26 Å². The Morgan fingerprint density at radius 1 is 1.67 bits per heavy atom. The van der Waals surface area contributed by atoms with E-state index in [2.05, 4.69) is 6.92 Å². The predicted molar refractivity (Wildman–Crippen MR) is 51.5 cm³/mol. The third-order valence-electron chi connectivity index (χ3n) is 1.59. The summed E-state index contributed by atoms with van der Waals surface area (Å²) >= 11 is 1.07. The van der Waals surface area contributed by atoms with Crippen LogP contribution in [-0.2, 0) is 4.79 Å². The van der Waals surface area contributed by atoms with Crippen molar-refractivity contribution in [1.82, 2.24) is 0 Å². The minimum Gasteiger partial charge on any atom is -0.298 e. The van der Waals surface area contributed by atoms with Crippen LogP contribution in [0.15, 0.2) is 10.5 Å². The summed E-state index contributed by atoms with van der Waals surface area (Å²) in [5, 5.41) is 10.3. The Morgan fingerprint density at radius 2 is 2.33 bits per heavy atom. The van der Waals surface area contributed by atoms with Crippen molar-refractivity contribution in [2.45, 2.75) is 33.1 Å². The molecule has 0 aromatic carbocycles. The van der Waals surface area contributed by atoms with Crippen molar-refractivity contribution in [3.05, 3.63) is 10.5 Å². The molecule has 3 heteroatoms. The molecule has 0 aromatic heterocycles. The van der Waals surface area contributed by atoms with Crippen LogP contribution in [0.2, 0.25) is 0 Å². The van der Waals surface area contributed by atoms with E-state index in [4.69, 9.17) is 5.26 Å². The molecular formula is C9H13NOS. The van der Waals surface area contributed by atoms with Crippen LogP contribution in [0.4, 0.5) is 0 Å². The van der Waals surface area contributed by atoms with Crippen molar-refractivity contribution in [1.29, 1.82) is 5.26 Å². The maximum Gasteiger partial charge on any atom is 0.146 e. The van der Waals surface area contributed by atoms with E-state index in [1.807, 2.05) is 12.3 Å². The minimum atomic E-state index is 0.767. The first-order valence-corrected chi connectivity index (χ1v) is 4.78. The number of rotatable bonds is 5. The maximum absolute atomic E-state index is 10.5. The van der Waals surface area contributed by atoms with E-state index in [0.717, 1.165) is 47.8 Å². The third kappa shape index (κ3) is 4.20. The zero-order chi connectivity index (χ0) is 9.40. The smallest absolute Gasteiger partial charge is 0.146 e. The molecule has 2 nitrogen and oxygen atoms in total. The fraction of sp³-hybridized carbons (Fsp3) is 0.556. The molecule has 0 atom stereocenters. The van der Waals surface area contributed by atoms with Gasteiger partial charge in [0.25, 0.3) is 0 Å². The topological polar surface area (TPSA) is 40.9 Å². The van der Waals surface area contributed by atoms with Gasteiger partial charge in [0.05, 0.1) is 0 Å². The van der Waals surface area contributed by atoms with Gasteiger partial charge in [0.15, 0.2) is 0 Å². The first-order valence-electron chi connectivity index (χ1n) is 3.97. The number of nitrogens with zero attached hydrogens (tertiary/aromatic N) is 1. The molecule has 0 N–H and O–H groups in total. The van der Waals surface area contributed by atoms with Gasteiger partial charge in [-0.15, -0.1) is 0 Å². The number of unbranched alkanes of at least 4 members (excludes halogenated alkanes) is 1. The van der Waals surface area contributed by atoms with Crippen molar-refractivity contribution in [2.75, 3.05) is 0 Å². The van der Waals surface area contributed by atoms with Crippen LogP contribution in [0, 0.1) is 10.7 Å². The lowest BCUT2D eigenvalue weighted by Crippen LogP contribution is -1.88. The zero-order valence-corrected chi connectivity index (χ0v) is 8.28. The second-order valence-corrected chi connectivity index (χ2v) is 3.50. The number of thioether (sulfide) groups is 1. The molecule has 12 heavy (non-hydrogen) atoms. The number of aldehydes is 1. The highest BCUT2D eigenvalue weighted by molar-refractivity contribution is 8.07. The van der Waals surface area contributed by atoms with Gasteiger partial charge in [-0.25, -0.2) is 0 Å². The molecule has 0 heterocycles. The molecule has 0 aliphatic rings. The highest BCUT2D eigenvalue weighted by Gasteiger charge is 2.00. The van der Waals surface area contributed by atoms with Crippen molar-refractivity contribution in [3.8, 4) is 5.40 Å². The van der Waals surface area contributed by atoms with Crippen molar-refractivity contribution in [2.24, 2.45) is 0 Å². The molecule has 0 bridgehead atoms. The number of allylic oxidation sites excluding steroid dienone is 2. The normalized spacial score (nSPS) is 11.8. The van der Waals surface area contributed by atoms with Crippen LogP contribution in [0.3, 0.4) is 0 Å². The van der Waals surface area contributed by atoms with Gasteiger partial charge in [-0.1, -0.05) is 13.3 Å². The zero-order valence-electron chi connectivity index (χ0n) is 7.46. The average Bonchev–Trinajstić information content (AvgIpc) is 2.06. The van der Waals surface area contributed by atoms with E-state index in [1.54, 1.807) is 0 Å². The predicted octanol–water partition coefficient (Wildman–Crippen LogP) is 2.86. The monoisotopic (exact) mass is 183 g/mol. The molecule has 0 saturated heterocycles. The average molecular weight is 183 g/mol. The molecule has 0 rings (SSSR count). The fourth-order valence-corrected chi connectivity index (χ4v) is 1.24. The van der Waals surface area contributed by atoms with Crippen LogP contribution < -0.4 is 0 Å². The Bertz CT molecular complexity index is 215. The lowest BCUT2D eigenvalue weighted by atomic mass is 10.1. The molecule has 0 fully saturated rings. The quantitative estimate of drug-likeness (QED) is 0.374. The summed E-state index contributed by atoms with van der Waals surface area (Å²) in [5.74, 6) is 0. The van der Waals surface area contributed by atoms with E-state index < -0.39 is 0 Å². The molecule has 0 aliphatic carbocycles. The van der Waals surface area contributed by atoms with Crippen molar-refractivity contribution < 1.29 is 4.79 Å². The summed E-state index contributed by atoms with van der Waals surface area (Å²) in [7, 11) is 0. The minimum absolute atomic E-state index is 0.767. The van der Waals surface area contributed by atoms with E-state index in [9.17, 15) is 4.79 Å². The largest absolute Gasteiger partial charge is 0.298 e. The van der Waals surface area contributed by atoms with Gasteiger partial charge >= 0.3 is 0 Å². The lowest BCUT2D eigenvalue weighted by Gasteiger charge is -2.00. The molecule has 0 aliphatic heterocycles. The highest BCUT2D eigenvalue weighted by Crippen LogP contribution is 2.20. The summed E-state index contributed by atoms with van der Waals surface area (Å²) < 4.78 is 0. The van der Waals surface area contributed by atoms with E-state index in [-0.39, 0.29) is 0 Å². The first kappa shape index (κ1) is 11.2. The van der Waals surface area contributed by atoms with Crippen LogP contribution in [0.1, 0.15) is 33.1 Å². The Morgan fingerprint density at radius 3 is 2.75 bits per heavy atom. The summed E-state index contributed by atoms with van der Waals surface area (Å²) in [6, 6.07) is 0. The van der Waals surface area contributed by atoms with Gasteiger partial charge < -0.3 is 0 Å². The van der Waals surface area contributed by atoms with Crippen LogP contribution in [-0.4, -0.2) is 6.29 Å². The van der Waals surface area contributed by atoms with E-state index >= 15 is 0 Å². The van der Waals surface area contributed by atoms with Crippen molar-refractivity contribution >= 4 is 18.0 Å². The lowest BCUT2D eigenvalue weighted by molar-refractivity contribution is -0.105. The van der Waals surface area contributed by atoms with Crippen molar-refractivity contribution in [3.63, 3.8) is 0 Å².